The van der Waals surface area contributed by atoms with Gasteiger partial charge in [-0.15, -0.1) is 0 Å². The summed E-state index contributed by atoms with van der Waals surface area (Å²) in [6.45, 7) is 0. The first-order valence-corrected chi connectivity index (χ1v) is 5.81. The van der Waals surface area contributed by atoms with Crippen molar-refractivity contribution in [3.8, 4) is 0 Å². The van der Waals surface area contributed by atoms with Crippen molar-refractivity contribution in [1.29, 1.82) is 0 Å². The van der Waals surface area contributed by atoms with E-state index in [0.717, 1.165) is 0 Å². The molecule has 0 aromatic rings. The molecule has 0 fully saturated rings. The van der Waals surface area contributed by atoms with E-state index in [4.69, 9.17) is 0 Å². The Labute approximate surface area is 81.2 Å². The molecule has 0 saturated heterocycles. The van der Waals surface area contributed by atoms with Gasteiger partial charge in [0.1, 0.15) is 0 Å². The zero-order chi connectivity index (χ0) is 2.00. The minimum Gasteiger partial charge on any atom is 0 e. The smallest absolute Gasteiger partial charge is 0 e. The zero-order valence-electron chi connectivity index (χ0n) is 1.82. The van der Waals surface area contributed by atoms with Gasteiger partial charge >= 0.3 is 31.7 Å². The Morgan fingerprint density at radius 3 is 1.25 bits per heavy atom. The van der Waals surface area contributed by atoms with Crippen molar-refractivity contribution >= 4 is 82.9 Å². The Kier molecular flexibility index (Phi) is 65.4. The van der Waals surface area contributed by atoms with E-state index in [1.165, 1.54) is 0 Å². The van der Waals surface area contributed by atoms with Crippen molar-refractivity contribution in [3.05, 3.63) is 0 Å². The van der Waals surface area contributed by atoms with Crippen LogP contribution in [0.4, 0.5) is 0 Å². The molecule has 0 atom stereocenters. The third-order valence-corrected chi connectivity index (χ3v) is 0. The molecular weight excluding hydrogens is 532 g/mol. The van der Waals surface area contributed by atoms with Gasteiger partial charge in [-0.2, -0.15) is 0 Å². The summed E-state index contributed by atoms with van der Waals surface area (Å²) in [5.41, 5.74) is 0. The van der Waals surface area contributed by atoms with Crippen LogP contribution in [0.5, 0.6) is 0 Å². The van der Waals surface area contributed by atoms with Crippen LogP contribution in [0.25, 0.3) is 0 Å². The van der Waals surface area contributed by atoms with Crippen LogP contribution in [0.2, 0.25) is 0 Å². The van der Waals surface area contributed by atoms with Gasteiger partial charge in [-0.05, 0) is 0 Å². The second-order valence-electron chi connectivity index (χ2n) is 0. The molecule has 0 nitrogen and oxygen atoms in total. The standard InChI is InChI=1S/Pb.SeTe.Sn/c;1-2;. The third-order valence-electron chi connectivity index (χ3n) is 0. The van der Waals surface area contributed by atoms with Gasteiger partial charge in [-0.3, -0.25) is 0 Å². The quantitative estimate of drug-likeness (QED) is 0.333. The Balaban J connectivity index is -0.00000000500. The van der Waals surface area contributed by atoms with Gasteiger partial charge in [0.25, 0.3) is 0 Å². The maximum atomic E-state index is 2.64. The third kappa shape index (κ3) is 8.90. The molecule has 0 bridgehead atoms. The van der Waals surface area contributed by atoms with Crippen LogP contribution >= 0.6 is 0 Å². The van der Waals surface area contributed by atoms with Crippen molar-refractivity contribution in [2.24, 2.45) is 0 Å². The van der Waals surface area contributed by atoms with Gasteiger partial charge in [0.05, 0.1) is 0 Å². The van der Waals surface area contributed by atoms with Gasteiger partial charge in [-0.1, -0.05) is 0 Å². The fourth-order valence-corrected chi connectivity index (χ4v) is 0. The first-order chi connectivity index (χ1) is 1.00. The van der Waals surface area contributed by atoms with E-state index in [9.17, 15) is 0 Å². The molecular formula is PbSeSnTe. The molecule has 0 aromatic carbocycles. The zero-order valence-corrected chi connectivity index (χ0v) is 12.6. The fraction of sp³-hybridized carbons (Fsp3) is 0. The maximum absolute atomic E-state index is 2.64. The SMILES string of the molecule is [Pb].[Se]=[Te].[Sn]. The van der Waals surface area contributed by atoms with Crippen molar-refractivity contribution < 1.29 is 0 Å². The van der Waals surface area contributed by atoms with Crippen LogP contribution in [0.3, 0.4) is 0 Å². The van der Waals surface area contributed by atoms with Gasteiger partial charge < -0.3 is 0 Å². The second-order valence-corrected chi connectivity index (χ2v) is 0. The van der Waals surface area contributed by atoms with Gasteiger partial charge in [0, 0.05) is 51.2 Å². The van der Waals surface area contributed by atoms with E-state index in [-0.39, 0.29) is 51.2 Å². The van der Waals surface area contributed by atoms with Crippen LogP contribution in [0.1, 0.15) is 0 Å². The average molecular weight is 532 g/mol. The maximum Gasteiger partial charge on any atom is 0 e. The minimum atomic E-state index is 0. The van der Waals surface area contributed by atoms with E-state index < -0.39 is 0 Å². The summed E-state index contributed by atoms with van der Waals surface area (Å²) in [6.07, 6.45) is 0. The summed E-state index contributed by atoms with van der Waals surface area (Å²) in [4.78, 5) is 0. The van der Waals surface area contributed by atoms with Crippen LogP contribution < -0.4 is 0 Å². The molecule has 0 rings (SSSR count). The molecule has 0 saturated carbocycles. The molecule has 0 aliphatic carbocycles. The summed E-state index contributed by atoms with van der Waals surface area (Å²) < 4.78 is 0. The average Bonchev–Trinajstić information content (AvgIpc) is 1.00. The molecule has 0 aliphatic rings. The van der Waals surface area contributed by atoms with Crippen LogP contribution in [-0.2, 0) is 0 Å². The number of hydrogen-bond acceptors (Lipinski definition) is 0. The van der Waals surface area contributed by atoms with Gasteiger partial charge in [-0.25, -0.2) is 0 Å². The van der Waals surface area contributed by atoms with E-state index in [2.05, 4.69) is 12.3 Å². The van der Waals surface area contributed by atoms with Crippen molar-refractivity contribution in [2.75, 3.05) is 0 Å². The van der Waals surface area contributed by atoms with E-state index in [1.807, 2.05) is 19.5 Å². The molecule has 0 amide bonds. The largest absolute Gasteiger partial charge is 0 e. The molecule has 0 heterocycles. The summed E-state index contributed by atoms with van der Waals surface area (Å²) in [5.74, 6) is 0. The van der Waals surface area contributed by atoms with Gasteiger partial charge in [0.2, 0.25) is 0 Å². The Morgan fingerprint density at radius 1 is 1.25 bits per heavy atom. The Morgan fingerprint density at radius 2 is 1.25 bits per heavy atom. The first kappa shape index (κ1) is 15.7. The molecule has 0 spiro atoms. The minimum absolute atomic E-state index is 0. The van der Waals surface area contributed by atoms with E-state index >= 15 is 0 Å². The second kappa shape index (κ2) is 16.6. The summed E-state index contributed by atoms with van der Waals surface area (Å²) in [6, 6.07) is 0. The molecule has 20 valence electrons. The normalized spacial score (nSPS) is 1.00. The van der Waals surface area contributed by atoms with Crippen LogP contribution in [0.15, 0.2) is 0 Å². The Bertz CT molecular complexity index is 8.00. The van der Waals surface area contributed by atoms with E-state index in [0.29, 0.717) is 0 Å². The van der Waals surface area contributed by atoms with Crippen molar-refractivity contribution in [1.82, 2.24) is 0 Å². The van der Waals surface area contributed by atoms with Crippen LogP contribution in [0, 0.1) is 0 Å². The fourth-order valence-electron chi connectivity index (χ4n) is 0. The molecule has 0 aromatic heterocycles. The molecule has 4 heavy (non-hydrogen) atoms. The molecule has 4 heteroatoms. The molecule has 0 N–H and O–H groups in total. The number of rotatable bonds is 0. The van der Waals surface area contributed by atoms with Crippen LogP contribution in [-0.4, -0.2) is 82.9 Å². The number of hydrogen-bond donors (Lipinski definition) is 0. The Hall–Kier alpha value is 3.03. The molecule has 0 unspecified atom stereocenters. The topological polar surface area (TPSA) is 0 Å². The van der Waals surface area contributed by atoms with Crippen molar-refractivity contribution in [2.45, 2.75) is 0 Å². The molecule has 0 aliphatic heterocycles. The van der Waals surface area contributed by atoms with Crippen molar-refractivity contribution in [3.63, 3.8) is 0 Å². The predicted octanol–water partition coefficient (Wildman–Crippen LogP) is -1.52. The van der Waals surface area contributed by atoms with E-state index in [1.54, 1.807) is 0 Å². The summed E-state index contributed by atoms with van der Waals surface area (Å²) in [7, 11) is 0. The molecule has 8 radical (unpaired) electrons. The monoisotopic (exact) mass is 538 g/mol. The first-order valence-electron chi connectivity index (χ1n) is 0.167. The summed E-state index contributed by atoms with van der Waals surface area (Å²) in [5, 5.41) is 0. The van der Waals surface area contributed by atoms with Gasteiger partial charge in [0.15, 0.2) is 0 Å². The predicted molar refractivity (Wildman–Crippen MR) is 23.0 cm³/mol. The summed E-state index contributed by atoms with van der Waals surface area (Å²) >= 11 is 4.46.